The first kappa shape index (κ1) is 19.3. The van der Waals surface area contributed by atoms with Crippen LogP contribution in [0.1, 0.15) is 28.8 Å². The predicted molar refractivity (Wildman–Crippen MR) is 114 cm³/mol. The number of likely N-dealkylation sites (tertiary alicyclic amines) is 1. The Morgan fingerprint density at radius 1 is 0.862 bits per heavy atom. The Hall–Kier alpha value is -2.98. The van der Waals surface area contributed by atoms with E-state index in [0.29, 0.717) is 5.56 Å². The van der Waals surface area contributed by atoms with Crippen LogP contribution in [0, 0.1) is 5.82 Å². The van der Waals surface area contributed by atoms with Crippen molar-refractivity contribution in [2.24, 2.45) is 0 Å². The largest absolute Gasteiger partial charge is 0.305 e. The van der Waals surface area contributed by atoms with Crippen LogP contribution in [0.3, 0.4) is 0 Å². The fourth-order valence-electron chi connectivity index (χ4n) is 3.99. The van der Waals surface area contributed by atoms with Gasteiger partial charge in [0.15, 0.2) is 0 Å². The number of rotatable bonds is 5. The Balaban J connectivity index is 1.48. The van der Waals surface area contributed by atoms with Crippen LogP contribution < -0.4 is 4.90 Å². The summed E-state index contributed by atoms with van der Waals surface area (Å²) in [4.78, 5) is 17.7. The minimum absolute atomic E-state index is 0.0498. The van der Waals surface area contributed by atoms with Gasteiger partial charge in [-0.25, -0.2) is 4.39 Å². The number of piperidine rings is 1. The van der Waals surface area contributed by atoms with E-state index in [0.717, 1.165) is 43.7 Å². The number of halogens is 1. The molecule has 0 unspecified atom stereocenters. The van der Waals surface area contributed by atoms with E-state index in [1.807, 2.05) is 77.7 Å². The fourth-order valence-corrected chi connectivity index (χ4v) is 3.99. The van der Waals surface area contributed by atoms with Gasteiger partial charge in [-0.15, -0.1) is 0 Å². The van der Waals surface area contributed by atoms with Crippen molar-refractivity contribution in [3.63, 3.8) is 0 Å². The van der Waals surface area contributed by atoms with E-state index in [1.165, 1.54) is 12.1 Å². The summed E-state index contributed by atoms with van der Waals surface area (Å²) in [6, 6.07) is 26.3. The molecule has 0 spiro atoms. The van der Waals surface area contributed by atoms with E-state index >= 15 is 0 Å². The maximum absolute atomic E-state index is 13.3. The number of anilines is 1. The summed E-state index contributed by atoms with van der Waals surface area (Å²) in [6.07, 6.45) is 1.82. The van der Waals surface area contributed by atoms with Crippen LogP contribution in [-0.4, -0.2) is 29.9 Å². The highest BCUT2D eigenvalue weighted by molar-refractivity contribution is 6.06. The molecule has 3 nitrogen and oxygen atoms in total. The lowest BCUT2D eigenvalue weighted by molar-refractivity contribution is 0.0958. The van der Waals surface area contributed by atoms with Crippen molar-refractivity contribution in [3.05, 3.63) is 102 Å². The second-order valence-corrected chi connectivity index (χ2v) is 7.51. The molecule has 4 rings (SSSR count). The summed E-state index contributed by atoms with van der Waals surface area (Å²) in [6.45, 7) is 2.63. The van der Waals surface area contributed by atoms with E-state index in [4.69, 9.17) is 0 Å². The van der Waals surface area contributed by atoms with Gasteiger partial charge in [-0.05, 0) is 54.8 Å². The molecule has 29 heavy (non-hydrogen) atoms. The van der Waals surface area contributed by atoms with Crippen LogP contribution in [-0.2, 0) is 6.54 Å². The lowest BCUT2D eigenvalue weighted by Gasteiger charge is -2.38. The molecule has 1 amide bonds. The topological polar surface area (TPSA) is 23.6 Å². The number of nitrogens with zero attached hydrogens (tertiary/aromatic N) is 2. The molecule has 1 saturated heterocycles. The average Bonchev–Trinajstić information content (AvgIpc) is 2.78. The molecule has 0 radical (unpaired) electrons. The highest BCUT2D eigenvalue weighted by Crippen LogP contribution is 2.26. The Bertz CT molecular complexity index is 920. The summed E-state index contributed by atoms with van der Waals surface area (Å²) in [7, 11) is 0. The maximum atomic E-state index is 13.3. The molecule has 0 bridgehead atoms. The first-order chi connectivity index (χ1) is 14.2. The van der Waals surface area contributed by atoms with E-state index in [2.05, 4.69) is 4.90 Å². The van der Waals surface area contributed by atoms with Crippen molar-refractivity contribution in [1.82, 2.24) is 4.90 Å². The Kier molecular flexibility index (Phi) is 6.01. The van der Waals surface area contributed by atoms with Gasteiger partial charge >= 0.3 is 0 Å². The quantitative estimate of drug-likeness (QED) is 0.604. The van der Waals surface area contributed by atoms with E-state index in [-0.39, 0.29) is 17.8 Å². The van der Waals surface area contributed by atoms with Crippen LogP contribution in [0.15, 0.2) is 84.9 Å². The standard InChI is InChI=1S/C25H25FN2O/c26-22-13-11-20(12-14-22)19-27-17-15-24(16-18-27)28(23-9-5-2-6-10-23)25(29)21-7-3-1-4-8-21/h1-14,24H,15-19H2. The maximum Gasteiger partial charge on any atom is 0.258 e. The highest BCUT2D eigenvalue weighted by Gasteiger charge is 2.29. The second-order valence-electron chi connectivity index (χ2n) is 7.51. The molecule has 0 saturated carbocycles. The van der Waals surface area contributed by atoms with Crippen LogP contribution >= 0.6 is 0 Å². The third kappa shape index (κ3) is 4.72. The zero-order chi connectivity index (χ0) is 20.1. The molecule has 1 aliphatic rings. The first-order valence-electron chi connectivity index (χ1n) is 10.1. The monoisotopic (exact) mass is 388 g/mol. The minimum Gasteiger partial charge on any atom is -0.305 e. The summed E-state index contributed by atoms with van der Waals surface area (Å²) in [5, 5.41) is 0. The van der Waals surface area contributed by atoms with Crippen molar-refractivity contribution in [2.45, 2.75) is 25.4 Å². The van der Waals surface area contributed by atoms with Crippen LogP contribution in [0.25, 0.3) is 0 Å². The molecular formula is C25H25FN2O. The molecule has 0 N–H and O–H groups in total. The van der Waals surface area contributed by atoms with Gasteiger partial charge < -0.3 is 4.90 Å². The summed E-state index contributed by atoms with van der Waals surface area (Å²) in [5.74, 6) is -0.154. The molecule has 148 valence electrons. The Morgan fingerprint density at radius 3 is 2.07 bits per heavy atom. The average molecular weight is 388 g/mol. The van der Waals surface area contributed by atoms with Gasteiger partial charge in [-0.1, -0.05) is 48.5 Å². The lowest BCUT2D eigenvalue weighted by atomic mass is 10.00. The molecular weight excluding hydrogens is 363 g/mol. The van der Waals surface area contributed by atoms with Crippen LogP contribution in [0.2, 0.25) is 0 Å². The number of carbonyl (C=O) groups excluding carboxylic acids is 1. The van der Waals surface area contributed by atoms with Gasteiger partial charge in [0.05, 0.1) is 0 Å². The van der Waals surface area contributed by atoms with Gasteiger partial charge in [0.2, 0.25) is 0 Å². The van der Waals surface area contributed by atoms with Crippen molar-refractivity contribution < 1.29 is 9.18 Å². The molecule has 3 aromatic rings. The normalized spacial score (nSPS) is 15.2. The van der Waals surface area contributed by atoms with Gasteiger partial charge in [-0.3, -0.25) is 9.69 Å². The van der Waals surface area contributed by atoms with Crippen molar-refractivity contribution in [3.8, 4) is 0 Å². The van der Waals surface area contributed by atoms with Gasteiger partial charge in [0.25, 0.3) is 5.91 Å². The molecule has 0 aromatic heterocycles. The summed E-state index contributed by atoms with van der Waals surface area (Å²) in [5.41, 5.74) is 2.77. The number of hydrogen-bond donors (Lipinski definition) is 0. The molecule has 4 heteroatoms. The number of carbonyl (C=O) groups is 1. The predicted octanol–water partition coefficient (Wildman–Crippen LogP) is 5.14. The van der Waals surface area contributed by atoms with Crippen molar-refractivity contribution >= 4 is 11.6 Å². The van der Waals surface area contributed by atoms with Crippen molar-refractivity contribution in [1.29, 1.82) is 0 Å². The number of benzene rings is 3. The fraction of sp³-hybridized carbons (Fsp3) is 0.240. The summed E-state index contributed by atoms with van der Waals surface area (Å²) < 4.78 is 13.1. The Morgan fingerprint density at radius 2 is 1.45 bits per heavy atom. The summed E-state index contributed by atoms with van der Waals surface area (Å²) >= 11 is 0. The lowest BCUT2D eigenvalue weighted by Crippen LogP contribution is -2.47. The van der Waals surface area contributed by atoms with Gasteiger partial charge in [-0.2, -0.15) is 0 Å². The first-order valence-corrected chi connectivity index (χ1v) is 10.1. The zero-order valence-corrected chi connectivity index (χ0v) is 16.4. The zero-order valence-electron chi connectivity index (χ0n) is 16.4. The van der Waals surface area contributed by atoms with Crippen LogP contribution in [0.4, 0.5) is 10.1 Å². The Labute approximate surface area is 171 Å². The van der Waals surface area contributed by atoms with Crippen molar-refractivity contribution in [2.75, 3.05) is 18.0 Å². The third-order valence-electron chi connectivity index (χ3n) is 5.52. The highest BCUT2D eigenvalue weighted by atomic mass is 19.1. The minimum atomic E-state index is -0.203. The van der Waals surface area contributed by atoms with Gasteiger partial charge in [0.1, 0.15) is 5.82 Å². The molecule has 1 heterocycles. The van der Waals surface area contributed by atoms with Gasteiger partial charge in [0, 0.05) is 36.9 Å². The molecule has 3 aromatic carbocycles. The SMILES string of the molecule is O=C(c1ccccc1)N(c1ccccc1)C1CCN(Cc2ccc(F)cc2)CC1. The molecule has 1 aliphatic heterocycles. The number of amides is 1. The van der Waals surface area contributed by atoms with Crippen LogP contribution in [0.5, 0.6) is 0 Å². The number of para-hydroxylation sites is 1. The molecule has 0 atom stereocenters. The molecule has 1 fully saturated rings. The third-order valence-corrected chi connectivity index (χ3v) is 5.52. The van der Waals surface area contributed by atoms with E-state index in [1.54, 1.807) is 0 Å². The molecule has 0 aliphatic carbocycles. The second kappa shape index (κ2) is 9.01. The number of hydrogen-bond acceptors (Lipinski definition) is 2. The smallest absolute Gasteiger partial charge is 0.258 e. The van der Waals surface area contributed by atoms with E-state index in [9.17, 15) is 9.18 Å². The van der Waals surface area contributed by atoms with E-state index < -0.39 is 0 Å².